The fourth-order valence-corrected chi connectivity index (χ4v) is 13.4. The molecule has 0 spiro atoms. The van der Waals surface area contributed by atoms with Gasteiger partial charge in [0.25, 0.3) is 25.8 Å². The third-order valence-corrected chi connectivity index (χ3v) is 18.5. The van der Waals surface area contributed by atoms with Crippen LogP contribution in [0.1, 0.15) is 67.8 Å². The maximum Gasteiger partial charge on any atom is 0.501 e. The molecular formula is C52H66Cl2F3N7O5S3. The molecule has 4 aromatic carbocycles. The van der Waals surface area contributed by atoms with Crippen LogP contribution in [0.15, 0.2) is 117 Å². The number of likely N-dealkylation sites (tertiary alicyclic amines) is 1. The molecular weight excluding hydrogens is 1030 g/mol. The van der Waals surface area contributed by atoms with Gasteiger partial charge < -0.3 is 25.3 Å². The Morgan fingerprint density at radius 2 is 1.50 bits per heavy atom. The first-order valence-electron chi connectivity index (χ1n) is 24.6. The van der Waals surface area contributed by atoms with E-state index in [0.29, 0.717) is 24.8 Å². The van der Waals surface area contributed by atoms with Crippen LogP contribution in [0.25, 0.3) is 5.57 Å². The number of carbonyl (C=O) groups excluding carboxylic acids is 1. The molecule has 392 valence electrons. The Morgan fingerprint density at radius 3 is 2.17 bits per heavy atom. The molecule has 4 aliphatic rings. The average Bonchev–Trinajstić information content (AvgIpc) is 3.36. The molecule has 72 heavy (non-hydrogen) atoms. The highest BCUT2D eigenvalue weighted by molar-refractivity contribution is 7.99. The Morgan fingerprint density at radius 1 is 0.819 bits per heavy atom. The summed E-state index contributed by atoms with van der Waals surface area (Å²) in [5.41, 5.74) is -0.955. The van der Waals surface area contributed by atoms with E-state index in [2.05, 4.69) is 49.3 Å². The summed E-state index contributed by atoms with van der Waals surface area (Å²) in [4.78, 5) is 21.9. The molecule has 0 saturated carbocycles. The van der Waals surface area contributed by atoms with E-state index in [9.17, 15) is 34.8 Å². The summed E-state index contributed by atoms with van der Waals surface area (Å²) in [5, 5.41) is 7.22. The molecule has 8 rings (SSSR count). The molecule has 0 bridgehead atoms. The Kier molecular flexibility index (Phi) is 19.1. The molecule has 0 aromatic heterocycles. The number of halogens is 5. The molecule has 12 nitrogen and oxygen atoms in total. The van der Waals surface area contributed by atoms with Crippen molar-refractivity contribution in [2.24, 2.45) is 5.41 Å². The van der Waals surface area contributed by atoms with Gasteiger partial charge in [0.15, 0.2) is 0 Å². The zero-order chi connectivity index (χ0) is 50.2. The Hall–Kier alpha value is -3.85. The van der Waals surface area contributed by atoms with E-state index in [1.807, 2.05) is 47.2 Å². The topological polar surface area (TPSA) is 134 Å². The van der Waals surface area contributed by atoms with Gasteiger partial charge in [-0.05, 0) is 135 Å². The fraction of sp³-hybridized carbons (Fsp3) is 0.481. The van der Waals surface area contributed by atoms with Gasteiger partial charge in [0.05, 0.1) is 10.6 Å². The van der Waals surface area contributed by atoms with Crippen molar-refractivity contribution in [2.45, 2.75) is 78.1 Å². The average molecular weight is 1090 g/mol. The van der Waals surface area contributed by atoms with Gasteiger partial charge in [-0.15, -0.1) is 24.2 Å². The van der Waals surface area contributed by atoms with Crippen LogP contribution in [0.4, 0.5) is 24.5 Å². The van der Waals surface area contributed by atoms with Crippen LogP contribution in [0.3, 0.4) is 0 Å². The lowest BCUT2D eigenvalue weighted by molar-refractivity contribution is -0.0435. The van der Waals surface area contributed by atoms with Crippen molar-refractivity contribution in [3.05, 3.63) is 119 Å². The number of piperazine rings is 2. The van der Waals surface area contributed by atoms with Crippen molar-refractivity contribution < 1.29 is 34.8 Å². The maximum atomic E-state index is 14.3. The summed E-state index contributed by atoms with van der Waals surface area (Å²) in [7, 11) is -10.9. The van der Waals surface area contributed by atoms with Crippen LogP contribution in [-0.2, 0) is 19.9 Å². The van der Waals surface area contributed by atoms with Crippen molar-refractivity contribution in [2.75, 3.05) is 101 Å². The number of nitrogens with one attached hydrogen (secondary N) is 3. The Bertz CT molecular complexity index is 2700. The van der Waals surface area contributed by atoms with Gasteiger partial charge in [0.1, 0.15) is 4.90 Å². The van der Waals surface area contributed by atoms with Crippen LogP contribution < -0.4 is 20.3 Å². The first kappa shape index (κ1) is 55.9. The second-order valence-electron chi connectivity index (χ2n) is 19.6. The minimum absolute atomic E-state index is 0. The van der Waals surface area contributed by atoms with Gasteiger partial charge in [0.2, 0.25) is 0 Å². The highest BCUT2D eigenvalue weighted by Crippen LogP contribution is 2.44. The molecule has 3 heterocycles. The summed E-state index contributed by atoms with van der Waals surface area (Å²) in [6, 6.07) is 26.2. The van der Waals surface area contributed by atoms with Gasteiger partial charge in [-0.25, -0.2) is 21.6 Å². The maximum absolute atomic E-state index is 14.3. The van der Waals surface area contributed by atoms with Crippen molar-refractivity contribution in [3.8, 4) is 0 Å². The first-order chi connectivity index (χ1) is 33.9. The lowest BCUT2D eigenvalue weighted by atomic mass is 9.71. The molecule has 2 atom stereocenters. The second kappa shape index (κ2) is 24.7. The Balaban J connectivity index is 0.00000760. The Labute approximate surface area is 438 Å². The number of hydrogen-bond acceptors (Lipinski definition) is 12. The third-order valence-electron chi connectivity index (χ3n) is 14.2. The van der Waals surface area contributed by atoms with E-state index >= 15 is 0 Å². The van der Waals surface area contributed by atoms with Gasteiger partial charge >= 0.3 is 5.51 Å². The van der Waals surface area contributed by atoms with Crippen LogP contribution >= 0.6 is 35.8 Å². The number of rotatable bonds is 18. The van der Waals surface area contributed by atoms with E-state index in [1.165, 1.54) is 40.6 Å². The SMILES string of the molecule is C[C@@]1(CN2CCNCC2)CCC(c2ccc(Cl)cc2)=C(CN2CCN(c3ccc(C(=O)NS(=O)(=O)c4ccc(NC(CCN5CCCCC5)CSc5ccccc5)c(S(=O)(=O)C(F)(F)F)c4)cc3)CC2)C1.Cl. The summed E-state index contributed by atoms with van der Waals surface area (Å²) in [6.45, 7) is 14.1. The number of sulfonamides is 1. The fourth-order valence-electron chi connectivity index (χ4n) is 10.3. The van der Waals surface area contributed by atoms with E-state index in [0.717, 1.165) is 145 Å². The number of nitrogens with zero attached hydrogens (tertiary/aromatic N) is 4. The van der Waals surface area contributed by atoms with Crippen molar-refractivity contribution in [1.82, 2.24) is 24.7 Å². The highest BCUT2D eigenvalue weighted by Gasteiger charge is 2.48. The highest BCUT2D eigenvalue weighted by atomic mass is 35.5. The van der Waals surface area contributed by atoms with Gasteiger partial charge in [-0.3, -0.25) is 9.69 Å². The summed E-state index contributed by atoms with van der Waals surface area (Å²) in [6.07, 6.45) is 6.89. The van der Waals surface area contributed by atoms with E-state index in [-0.39, 0.29) is 29.1 Å². The lowest BCUT2D eigenvalue weighted by Crippen LogP contribution is -2.49. The minimum atomic E-state index is -6.04. The van der Waals surface area contributed by atoms with E-state index in [1.54, 1.807) is 12.1 Å². The largest absolute Gasteiger partial charge is 0.501 e. The van der Waals surface area contributed by atoms with Gasteiger partial charge in [-0.2, -0.15) is 13.2 Å². The molecule has 0 radical (unpaired) electrons. The number of benzene rings is 4. The molecule has 1 unspecified atom stereocenters. The van der Waals surface area contributed by atoms with Crippen LogP contribution in [-0.4, -0.2) is 140 Å². The van der Waals surface area contributed by atoms with E-state index in [4.69, 9.17) is 11.6 Å². The molecule has 3 N–H and O–H groups in total. The first-order valence-corrected chi connectivity index (χ1v) is 28.9. The smallest absolute Gasteiger partial charge is 0.380 e. The second-order valence-corrected chi connectivity index (χ2v) is 24.7. The molecule has 3 fully saturated rings. The number of thioether (sulfide) groups is 1. The number of amides is 1. The molecule has 1 aliphatic carbocycles. The minimum Gasteiger partial charge on any atom is -0.380 e. The number of alkyl halides is 3. The third kappa shape index (κ3) is 14.5. The van der Waals surface area contributed by atoms with Crippen LogP contribution in [0.2, 0.25) is 5.02 Å². The molecule has 20 heteroatoms. The van der Waals surface area contributed by atoms with Crippen molar-refractivity contribution >= 4 is 78.5 Å². The van der Waals surface area contributed by atoms with E-state index < -0.39 is 47.1 Å². The predicted molar refractivity (Wildman–Crippen MR) is 286 cm³/mol. The molecule has 3 aliphatic heterocycles. The number of anilines is 2. The van der Waals surface area contributed by atoms with Crippen molar-refractivity contribution in [3.63, 3.8) is 0 Å². The zero-order valence-corrected chi connectivity index (χ0v) is 44.7. The summed E-state index contributed by atoms with van der Waals surface area (Å²) >= 11 is 7.76. The number of allylic oxidation sites excluding steroid dienone is 1. The van der Waals surface area contributed by atoms with Crippen LogP contribution in [0, 0.1) is 5.41 Å². The lowest BCUT2D eigenvalue weighted by Gasteiger charge is -2.43. The van der Waals surface area contributed by atoms with Crippen molar-refractivity contribution in [1.29, 1.82) is 0 Å². The summed E-state index contributed by atoms with van der Waals surface area (Å²) in [5.74, 6) is -0.614. The molecule has 4 aromatic rings. The molecule has 1 amide bonds. The number of carbonyl (C=O) groups is 1. The van der Waals surface area contributed by atoms with Gasteiger partial charge in [-0.1, -0.05) is 60.9 Å². The number of piperidine rings is 1. The predicted octanol–water partition coefficient (Wildman–Crippen LogP) is 9.29. The summed E-state index contributed by atoms with van der Waals surface area (Å²) < 4.78 is 98.3. The standard InChI is InChI=1S/C52H65ClF3N7O5S3.ClH/c1-51(38-62-28-23-57-24-29-62)22-20-47(39-10-14-42(53)15-11-39)41(35-51)36-61-30-32-63(33-31-61)44-16-12-40(13-17-44)50(64)59-71(67,68)46-18-19-48(49(34-46)70(65,66)52(54,55)56)58-43(21-27-60-25-6-3-7-26-60)37-69-45-8-4-2-5-9-45;/h2,4-5,8-19,34,43,57-58H,3,6-7,20-33,35-38H2,1H3,(H,59,64);1H/t43?,51-;/m1./s1. The number of hydrogen-bond donors (Lipinski definition) is 3. The quantitative estimate of drug-likeness (QED) is 0.0821. The number of sulfone groups is 1. The van der Waals surface area contributed by atoms with Crippen LogP contribution in [0.5, 0.6) is 0 Å². The van der Waals surface area contributed by atoms with Gasteiger partial charge in [0, 0.05) is 105 Å². The monoisotopic (exact) mass is 1090 g/mol. The normalized spacial score (nSPS) is 20.4. The molecule has 3 saturated heterocycles. The zero-order valence-electron chi connectivity index (χ0n) is 40.6.